The van der Waals surface area contributed by atoms with Gasteiger partial charge in [0, 0.05) is 17.3 Å². The molecule has 1 N–H and O–H groups in total. The van der Waals surface area contributed by atoms with E-state index in [1.165, 1.54) is 6.08 Å². The van der Waals surface area contributed by atoms with Crippen molar-refractivity contribution < 1.29 is 19.1 Å². The van der Waals surface area contributed by atoms with Crippen LogP contribution in [0.5, 0.6) is 0 Å². The lowest BCUT2D eigenvalue weighted by molar-refractivity contribution is -0.197. The summed E-state index contributed by atoms with van der Waals surface area (Å²) in [5, 5.41) is 11.7. The molecule has 0 heterocycles. The van der Waals surface area contributed by atoms with Gasteiger partial charge in [0.25, 0.3) is 0 Å². The Hall–Kier alpha value is -1.29. The number of hydrogen-bond acceptors (Lipinski definition) is 3. The summed E-state index contributed by atoms with van der Waals surface area (Å²) in [6, 6.07) is 0. The Balaban J connectivity index is 1.84. The van der Waals surface area contributed by atoms with E-state index in [1.54, 1.807) is 19.1 Å². The van der Waals surface area contributed by atoms with E-state index in [-0.39, 0.29) is 35.2 Å². The smallest absolute Gasteiger partial charge is 0.178 e. The second kappa shape index (κ2) is 5.87. The number of Topliss-reactive ketones (excluding diaryl/α,β-unsaturated/α-hetero) is 1. The topological polar surface area (TPSA) is 54.4 Å². The second-order valence-corrected chi connectivity index (χ2v) is 10.3. The molecule has 28 heavy (non-hydrogen) atoms. The maximum Gasteiger partial charge on any atom is 0.178 e. The third kappa shape index (κ3) is 2.03. The fourth-order valence-corrected chi connectivity index (χ4v) is 7.93. The zero-order chi connectivity index (χ0) is 20.7. The molecule has 0 radical (unpaired) electrons. The number of carbonyl (C=O) groups is 2. The van der Waals surface area contributed by atoms with Crippen LogP contribution >= 0.6 is 0 Å². The van der Waals surface area contributed by atoms with Crippen molar-refractivity contribution in [1.29, 1.82) is 0 Å². The Morgan fingerprint density at radius 2 is 1.93 bits per heavy atom. The highest BCUT2D eigenvalue weighted by Crippen LogP contribution is 2.72. The van der Waals surface area contributed by atoms with Crippen molar-refractivity contribution in [3.05, 3.63) is 23.8 Å². The number of hydrogen-bond donors (Lipinski definition) is 1. The number of rotatable bonds is 2. The van der Waals surface area contributed by atoms with Crippen LogP contribution in [0.25, 0.3) is 0 Å². The minimum atomic E-state index is -1.47. The van der Waals surface area contributed by atoms with E-state index in [0.717, 1.165) is 5.57 Å². The first-order valence-electron chi connectivity index (χ1n) is 10.9. The van der Waals surface area contributed by atoms with Crippen LogP contribution in [0.1, 0.15) is 66.7 Å². The molecule has 3 fully saturated rings. The predicted octanol–water partition coefficient (Wildman–Crippen LogP) is 4.59. The zero-order valence-electron chi connectivity index (χ0n) is 17.7. The summed E-state index contributed by atoms with van der Waals surface area (Å²) < 4.78 is 17.2. The number of ketones is 2. The van der Waals surface area contributed by atoms with Crippen LogP contribution in [0.4, 0.5) is 4.39 Å². The number of fused-ring (bicyclic) bond motifs is 5. The van der Waals surface area contributed by atoms with E-state index in [4.69, 9.17) is 0 Å². The van der Waals surface area contributed by atoms with Crippen molar-refractivity contribution in [1.82, 2.24) is 0 Å². The summed E-state index contributed by atoms with van der Waals surface area (Å²) in [5.41, 5.74) is -3.34. The van der Waals surface area contributed by atoms with Gasteiger partial charge in [0.1, 0.15) is 11.3 Å². The third-order valence-electron chi connectivity index (χ3n) is 9.31. The van der Waals surface area contributed by atoms with Gasteiger partial charge in [-0.3, -0.25) is 9.59 Å². The monoisotopic (exact) mass is 388 g/mol. The predicted molar refractivity (Wildman–Crippen MR) is 106 cm³/mol. The minimum Gasteiger partial charge on any atom is -0.381 e. The highest BCUT2D eigenvalue weighted by Gasteiger charge is 2.74. The molecule has 0 bridgehead atoms. The fourth-order valence-electron chi connectivity index (χ4n) is 7.93. The van der Waals surface area contributed by atoms with E-state index < -0.39 is 22.1 Å². The molecule has 0 aromatic rings. The molecule has 8 atom stereocenters. The van der Waals surface area contributed by atoms with Crippen LogP contribution < -0.4 is 0 Å². The fraction of sp³-hybridized carbons (Fsp3) is 0.750. The van der Waals surface area contributed by atoms with Crippen LogP contribution in [0, 0.1) is 34.5 Å². The van der Waals surface area contributed by atoms with Gasteiger partial charge >= 0.3 is 0 Å². The lowest BCUT2D eigenvalue weighted by Crippen LogP contribution is -2.66. The summed E-state index contributed by atoms with van der Waals surface area (Å²) in [5.74, 6) is -0.893. The number of aliphatic hydroxyl groups is 1. The van der Waals surface area contributed by atoms with E-state index in [1.807, 2.05) is 27.7 Å². The summed E-state index contributed by atoms with van der Waals surface area (Å²) in [4.78, 5) is 24.8. The summed E-state index contributed by atoms with van der Waals surface area (Å²) in [7, 11) is 0. The Bertz CT molecular complexity index is 800. The minimum absolute atomic E-state index is 0.0337. The van der Waals surface area contributed by atoms with E-state index >= 15 is 4.39 Å². The number of carbonyl (C=O) groups excluding carboxylic acids is 2. The molecule has 4 aliphatic carbocycles. The zero-order valence-corrected chi connectivity index (χ0v) is 17.7. The summed E-state index contributed by atoms with van der Waals surface area (Å²) in [6.07, 6.45) is 7.79. The van der Waals surface area contributed by atoms with Crippen molar-refractivity contribution in [3.63, 3.8) is 0 Å². The molecule has 154 valence electrons. The van der Waals surface area contributed by atoms with Gasteiger partial charge < -0.3 is 5.11 Å². The highest BCUT2D eigenvalue weighted by atomic mass is 19.1. The highest BCUT2D eigenvalue weighted by molar-refractivity contribution is 6.01. The first kappa shape index (κ1) is 20.0. The third-order valence-corrected chi connectivity index (χ3v) is 9.31. The standard InChI is InChI=1S/C24H33FO3/c1-6-20(27)24(28)14(2)11-19-18-8-7-16-12-17(26)9-10-21(16,4)23(18,25)15(3)13-22(19,24)5/h9-10,12,14-15,18-19,28H,6-8,11,13H2,1-5H3/t14-,15+,18+,19+,21+,22+,23-,24+/m1/s1. The lowest BCUT2D eigenvalue weighted by Gasteiger charge is -2.63. The number of halogens is 1. The maximum absolute atomic E-state index is 17.2. The van der Waals surface area contributed by atoms with Crippen molar-refractivity contribution in [2.75, 3.05) is 0 Å². The maximum atomic E-state index is 17.2. The largest absolute Gasteiger partial charge is 0.381 e. The van der Waals surface area contributed by atoms with E-state index in [2.05, 4.69) is 0 Å². The van der Waals surface area contributed by atoms with Crippen LogP contribution in [-0.2, 0) is 9.59 Å². The molecular weight excluding hydrogens is 355 g/mol. The van der Waals surface area contributed by atoms with Crippen LogP contribution in [0.2, 0.25) is 0 Å². The second-order valence-electron chi connectivity index (χ2n) is 10.3. The van der Waals surface area contributed by atoms with Gasteiger partial charge in [-0.15, -0.1) is 0 Å². The van der Waals surface area contributed by atoms with Crippen LogP contribution in [0.3, 0.4) is 0 Å². The molecule has 0 amide bonds. The van der Waals surface area contributed by atoms with Gasteiger partial charge in [0.15, 0.2) is 11.6 Å². The summed E-state index contributed by atoms with van der Waals surface area (Å²) >= 11 is 0. The van der Waals surface area contributed by atoms with Crippen molar-refractivity contribution in [2.24, 2.45) is 34.5 Å². The molecule has 4 aliphatic rings. The van der Waals surface area contributed by atoms with Gasteiger partial charge in [-0.2, -0.15) is 0 Å². The average Bonchev–Trinajstić information content (AvgIpc) is 2.84. The molecular formula is C24H33FO3. The van der Waals surface area contributed by atoms with Crippen molar-refractivity contribution >= 4 is 11.6 Å². The molecule has 4 heteroatoms. The van der Waals surface area contributed by atoms with Crippen LogP contribution in [-0.4, -0.2) is 27.9 Å². The van der Waals surface area contributed by atoms with E-state index in [0.29, 0.717) is 32.1 Å². The molecule has 3 nitrogen and oxygen atoms in total. The van der Waals surface area contributed by atoms with Gasteiger partial charge in [-0.1, -0.05) is 39.3 Å². The molecule has 0 unspecified atom stereocenters. The number of allylic oxidation sites excluding steroid dienone is 4. The normalized spacial score (nSPS) is 52.5. The van der Waals surface area contributed by atoms with E-state index in [9.17, 15) is 14.7 Å². The molecule has 0 aromatic heterocycles. The molecule has 4 rings (SSSR count). The SMILES string of the molecule is CCC(=O)[C@@]1(O)[C@H](C)C[C@H]2[C@@H]3CCC4=CC(=O)C=C[C@]4(C)[C@@]3(F)[C@@H](C)C[C@@]21C. The summed E-state index contributed by atoms with van der Waals surface area (Å²) in [6.45, 7) is 9.66. The average molecular weight is 389 g/mol. The van der Waals surface area contributed by atoms with Gasteiger partial charge in [-0.05, 0) is 68.4 Å². The molecule has 0 saturated heterocycles. The quantitative estimate of drug-likeness (QED) is 0.753. The first-order chi connectivity index (χ1) is 13.0. The first-order valence-corrected chi connectivity index (χ1v) is 10.9. The molecule has 0 spiro atoms. The van der Waals surface area contributed by atoms with Crippen molar-refractivity contribution in [3.8, 4) is 0 Å². The Morgan fingerprint density at radius 1 is 1.25 bits per heavy atom. The Kier molecular flexibility index (Phi) is 4.19. The Morgan fingerprint density at radius 3 is 2.57 bits per heavy atom. The molecule has 0 aliphatic heterocycles. The Labute approximate surface area is 167 Å². The van der Waals surface area contributed by atoms with Gasteiger partial charge in [0.2, 0.25) is 0 Å². The molecule has 0 aromatic carbocycles. The number of alkyl halides is 1. The van der Waals surface area contributed by atoms with Crippen LogP contribution in [0.15, 0.2) is 23.8 Å². The van der Waals surface area contributed by atoms with Gasteiger partial charge in [-0.25, -0.2) is 4.39 Å². The van der Waals surface area contributed by atoms with Crippen molar-refractivity contribution in [2.45, 2.75) is 78.0 Å². The van der Waals surface area contributed by atoms with Gasteiger partial charge in [0.05, 0.1) is 0 Å². The lowest BCUT2D eigenvalue weighted by atomic mass is 9.43. The molecule has 3 saturated carbocycles.